The second-order valence-electron chi connectivity index (χ2n) is 3.12. The summed E-state index contributed by atoms with van der Waals surface area (Å²) in [6.07, 6.45) is 2.02. The molecule has 0 radical (unpaired) electrons. The molecule has 0 aromatic carbocycles. The molecule has 1 N–H and O–H groups in total. The van der Waals surface area contributed by atoms with E-state index in [4.69, 9.17) is 5.11 Å². The molecule has 0 spiro atoms. The zero-order valence-corrected chi connectivity index (χ0v) is 8.21. The van der Waals surface area contributed by atoms with Crippen LogP contribution in [0.15, 0.2) is 0 Å². The molecule has 12 heavy (non-hydrogen) atoms. The molecule has 1 atom stereocenters. The van der Waals surface area contributed by atoms with Crippen molar-refractivity contribution in [3.8, 4) is 0 Å². The van der Waals surface area contributed by atoms with E-state index in [0.29, 0.717) is 6.04 Å². The molecule has 72 valence electrons. The molecular formula is C9H19NO2. The van der Waals surface area contributed by atoms with Gasteiger partial charge in [0.1, 0.15) is 0 Å². The van der Waals surface area contributed by atoms with Gasteiger partial charge in [-0.1, -0.05) is 13.8 Å². The number of carboxylic acid groups (broad SMARTS) is 1. The van der Waals surface area contributed by atoms with Crippen LogP contribution in [0, 0.1) is 0 Å². The third kappa shape index (κ3) is 4.34. The third-order valence-corrected chi connectivity index (χ3v) is 2.06. The molecule has 0 bridgehead atoms. The van der Waals surface area contributed by atoms with Crippen LogP contribution in [-0.2, 0) is 4.79 Å². The normalized spacial score (nSPS) is 13.3. The SMILES string of the molecule is CCCN(CC(=O)O)C(C)CC. The summed E-state index contributed by atoms with van der Waals surface area (Å²) in [6.45, 7) is 7.26. The Kier molecular flexibility index (Phi) is 5.72. The Morgan fingerprint density at radius 2 is 2.08 bits per heavy atom. The molecule has 0 aliphatic heterocycles. The van der Waals surface area contributed by atoms with E-state index in [9.17, 15) is 4.79 Å². The first kappa shape index (κ1) is 11.4. The number of aliphatic carboxylic acids is 1. The van der Waals surface area contributed by atoms with E-state index >= 15 is 0 Å². The number of rotatable bonds is 6. The zero-order valence-electron chi connectivity index (χ0n) is 8.21. The van der Waals surface area contributed by atoms with Crippen molar-refractivity contribution in [1.82, 2.24) is 4.90 Å². The number of nitrogens with zero attached hydrogens (tertiary/aromatic N) is 1. The first-order valence-corrected chi connectivity index (χ1v) is 4.57. The average molecular weight is 173 g/mol. The highest BCUT2D eigenvalue weighted by molar-refractivity contribution is 5.69. The van der Waals surface area contributed by atoms with Crippen LogP contribution in [0.4, 0.5) is 0 Å². The predicted molar refractivity (Wildman–Crippen MR) is 49.3 cm³/mol. The Labute approximate surface area is 74.4 Å². The van der Waals surface area contributed by atoms with Crippen molar-refractivity contribution >= 4 is 5.97 Å². The molecule has 0 amide bonds. The monoisotopic (exact) mass is 173 g/mol. The quantitative estimate of drug-likeness (QED) is 0.663. The minimum atomic E-state index is -0.733. The molecule has 0 aromatic rings. The van der Waals surface area contributed by atoms with Crippen LogP contribution in [-0.4, -0.2) is 35.1 Å². The maximum absolute atomic E-state index is 10.5. The van der Waals surface area contributed by atoms with E-state index in [1.54, 1.807) is 0 Å². The summed E-state index contributed by atoms with van der Waals surface area (Å²) in [6, 6.07) is 0.376. The van der Waals surface area contributed by atoms with Crippen molar-refractivity contribution in [2.45, 2.75) is 39.7 Å². The van der Waals surface area contributed by atoms with Gasteiger partial charge in [-0.3, -0.25) is 9.69 Å². The van der Waals surface area contributed by atoms with E-state index in [1.807, 2.05) is 4.90 Å². The molecule has 0 rings (SSSR count). The van der Waals surface area contributed by atoms with Gasteiger partial charge in [0.05, 0.1) is 6.54 Å². The number of hydrogen-bond donors (Lipinski definition) is 1. The minimum absolute atomic E-state index is 0.169. The van der Waals surface area contributed by atoms with Gasteiger partial charge >= 0.3 is 5.97 Å². The molecule has 0 saturated heterocycles. The molecule has 0 fully saturated rings. The minimum Gasteiger partial charge on any atom is -0.480 e. The van der Waals surface area contributed by atoms with Crippen molar-refractivity contribution in [2.24, 2.45) is 0 Å². The molecule has 0 aliphatic rings. The highest BCUT2D eigenvalue weighted by atomic mass is 16.4. The van der Waals surface area contributed by atoms with Crippen LogP contribution in [0.2, 0.25) is 0 Å². The van der Waals surface area contributed by atoms with Crippen molar-refractivity contribution in [2.75, 3.05) is 13.1 Å². The number of carbonyl (C=O) groups is 1. The van der Waals surface area contributed by atoms with Crippen molar-refractivity contribution in [1.29, 1.82) is 0 Å². The third-order valence-electron chi connectivity index (χ3n) is 2.06. The summed E-state index contributed by atoms with van der Waals surface area (Å²) >= 11 is 0. The molecule has 3 heteroatoms. The lowest BCUT2D eigenvalue weighted by atomic mass is 10.2. The van der Waals surface area contributed by atoms with Gasteiger partial charge in [0.2, 0.25) is 0 Å². The Morgan fingerprint density at radius 1 is 1.50 bits per heavy atom. The van der Waals surface area contributed by atoms with Gasteiger partial charge in [-0.05, 0) is 26.3 Å². The number of carboxylic acids is 1. The molecule has 0 aromatic heterocycles. The van der Waals surface area contributed by atoms with Crippen molar-refractivity contribution in [3.63, 3.8) is 0 Å². The van der Waals surface area contributed by atoms with Crippen LogP contribution < -0.4 is 0 Å². The fourth-order valence-corrected chi connectivity index (χ4v) is 1.17. The summed E-state index contributed by atoms with van der Waals surface area (Å²) in [4.78, 5) is 12.5. The molecular weight excluding hydrogens is 154 g/mol. The lowest BCUT2D eigenvalue weighted by Crippen LogP contribution is -2.37. The first-order valence-electron chi connectivity index (χ1n) is 4.57. The van der Waals surface area contributed by atoms with E-state index < -0.39 is 5.97 Å². The molecule has 3 nitrogen and oxygen atoms in total. The topological polar surface area (TPSA) is 40.5 Å². The van der Waals surface area contributed by atoms with Crippen LogP contribution in [0.3, 0.4) is 0 Å². The summed E-state index contributed by atoms with van der Waals surface area (Å²) in [7, 11) is 0. The Morgan fingerprint density at radius 3 is 2.42 bits per heavy atom. The standard InChI is InChI=1S/C9H19NO2/c1-4-6-10(7-9(11)12)8(3)5-2/h8H,4-7H2,1-3H3,(H,11,12). The zero-order chi connectivity index (χ0) is 9.56. The Hall–Kier alpha value is -0.570. The second-order valence-corrected chi connectivity index (χ2v) is 3.12. The smallest absolute Gasteiger partial charge is 0.317 e. The second kappa shape index (κ2) is 6.00. The maximum Gasteiger partial charge on any atom is 0.317 e. The summed E-state index contributed by atoms with van der Waals surface area (Å²) in [5, 5.41) is 8.61. The van der Waals surface area contributed by atoms with Gasteiger partial charge < -0.3 is 5.11 Å². The van der Waals surface area contributed by atoms with Crippen molar-refractivity contribution in [3.05, 3.63) is 0 Å². The van der Waals surface area contributed by atoms with Crippen LogP contribution in [0.5, 0.6) is 0 Å². The van der Waals surface area contributed by atoms with Crippen LogP contribution in [0.1, 0.15) is 33.6 Å². The number of hydrogen-bond acceptors (Lipinski definition) is 2. The Balaban J connectivity index is 3.93. The molecule has 0 heterocycles. The highest BCUT2D eigenvalue weighted by Gasteiger charge is 2.13. The van der Waals surface area contributed by atoms with Gasteiger partial charge in [-0.15, -0.1) is 0 Å². The molecule has 0 aliphatic carbocycles. The van der Waals surface area contributed by atoms with Gasteiger partial charge in [-0.2, -0.15) is 0 Å². The molecule has 0 saturated carbocycles. The van der Waals surface area contributed by atoms with Gasteiger partial charge in [0, 0.05) is 6.04 Å². The van der Waals surface area contributed by atoms with Crippen LogP contribution >= 0.6 is 0 Å². The largest absolute Gasteiger partial charge is 0.480 e. The fraction of sp³-hybridized carbons (Fsp3) is 0.889. The lowest BCUT2D eigenvalue weighted by molar-refractivity contribution is -0.138. The average Bonchev–Trinajstić information content (AvgIpc) is 2.01. The van der Waals surface area contributed by atoms with Gasteiger partial charge in [-0.25, -0.2) is 0 Å². The first-order chi connectivity index (χ1) is 5.61. The molecule has 1 unspecified atom stereocenters. The highest BCUT2D eigenvalue weighted by Crippen LogP contribution is 2.03. The van der Waals surface area contributed by atoms with Gasteiger partial charge in [0.15, 0.2) is 0 Å². The van der Waals surface area contributed by atoms with E-state index in [2.05, 4.69) is 20.8 Å². The van der Waals surface area contributed by atoms with E-state index in [0.717, 1.165) is 19.4 Å². The van der Waals surface area contributed by atoms with Crippen LogP contribution in [0.25, 0.3) is 0 Å². The van der Waals surface area contributed by atoms with E-state index in [-0.39, 0.29) is 6.54 Å². The van der Waals surface area contributed by atoms with E-state index in [1.165, 1.54) is 0 Å². The maximum atomic E-state index is 10.5. The van der Waals surface area contributed by atoms with Crippen molar-refractivity contribution < 1.29 is 9.90 Å². The Bertz CT molecular complexity index is 136. The van der Waals surface area contributed by atoms with Gasteiger partial charge in [0.25, 0.3) is 0 Å². The lowest BCUT2D eigenvalue weighted by Gasteiger charge is -2.25. The predicted octanol–water partition coefficient (Wildman–Crippen LogP) is 1.58. The fourth-order valence-electron chi connectivity index (χ4n) is 1.17. The summed E-state index contributed by atoms with van der Waals surface area (Å²) in [5.74, 6) is -0.733. The summed E-state index contributed by atoms with van der Waals surface area (Å²) in [5.41, 5.74) is 0. The summed E-state index contributed by atoms with van der Waals surface area (Å²) < 4.78 is 0.